The molecule has 1 N–H and O–H groups in total. The number of benzene rings is 1. The Morgan fingerprint density at radius 2 is 2.00 bits per heavy atom. The van der Waals surface area contributed by atoms with E-state index in [2.05, 4.69) is 66.2 Å². The molecule has 0 amide bonds. The number of hydrogen-bond acceptors (Lipinski definition) is 4. The van der Waals surface area contributed by atoms with Crippen molar-refractivity contribution in [1.29, 1.82) is 0 Å². The molecule has 2 unspecified atom stereocenters. The smallest absolute Gasteiger partial charge is 0.145 e. The van der Waals surface area contributed by atoms with Crippen LogP contribution in [-0.2, 0) is 6.42 Å². The fourth-order valence-electron chi connectivity index (χ4n) is 5.03. The zero-order valence-corrected chi connectivity index (χ0v) is 20.1. The van der Waals surface area contributed by atoms with Gasteiger partial charge in [-0.15, -0.1) is 0 Å². The lowest BCUT2D eigenvalue weighted by molar-refractivity contribution is 0.461. The second-order valence-electron chi connectivity index (χ2n) is 9.26. The summed E-state index contributed by atoms with van der Waals surface area (Å²) >= 11 is 9.90. The van der Waals surface area contributed by atoms with Crippen LogP contribution in [0.1, 0.15) is 50.1 Å². The monoisotopic (exact) mass is 509 g/mol. The molecule has 2 atom stereocenters. The predicted octanol–water partition coefficient (Wildman–Crippen LogP) is 6.94. The quantitative estimate of drug-likeness (QED) is 0.285. The highest BCUT2D eigenvalue weighted by atomic mass is 79.9. The molecule has 0 spiro atoms. The van der Waals surface area contributed by atoms with Gasteiger partial charge < -0.3 is 9.88 Å². The van der Waals surface area contributed by atoms with Gasteiger partial charge in [0.25, 0.3) is 0 Å². The molecule has 3 heterocycles. The summed E-state index contributed by atoms with van der Waals surface area (Å²) in [7, 11) is 0. The first-order valence-corrected chi connectivity index (χ1v) is 12.6. The lowest BCUT2D eigenvalue weighted by atomic mass is 9.97. The molecule has 7 heteroatoms. The van der Waals surface area contributed by atoms with Gasteiger partial charge in [0.15, 0.2) is 0 Å². The van der Waals surface area contributed by atoms with Crippen molar-refractivity contribution in [3.8, 4) is 0 Å². The number of halogens is 2. The average molecular weight is 511 g/mol. The first kappa shape index (κ1) is 20.4. The van der Waals surface area contributed by atoms with Crippen LogP contribution < -0.4 is 5.32 Å². The first-order valence-electron chi connectivity index (χ1n) is 11.5. The van der Waals surface area contributed by atoms with Gasteiger partial charge >= 0.3 is 0 Å². The van der Waals surface area contributed by atoms with Crippen LogP contribution in [-0.4, -0.2) is 25.6 Å². The van der Waals surface area contributed by atoms with Crippen molar-refractivity contribution < 1.29 is 0 Å². The largest absolute Gasteiger partial charge is 0.366 e. The molecule has 3 aromatic heterocycles. The van der Waals surface area contributed by atoms with Crippen molar-refractivity contribution in [3.05, 3.63) is 58.0 Å². The maximum Gasteiger partial charge on any atom is 0.145 e. The number of fused-ring (bicyclic) bond motifs is 2. The van der Waals surface area contributed by atoms with Gasteiger partial charge in [-0.3, -0.25) is 0 Å². The molecular formula is C25H25BrClN5. The molecule has 5 nitrogen and oxygen atoms in total. The van der Waals surface area contributed by atoms with Crippen molar-refractivity contribution in [1.82, 2.24) is 19.5 Å². The van der Waals surface area contributed by atoms with Gasteiger partial charge in [0, 0.05) is 23.7 Å². The number of pyridine rings is 1. The summed E-state index contributed by atoms with van der Waals surface area (Å²) in [6.07, 6.45) is 12.1. The number of aryl methyl sites for hydroxylation is 1. The zero-order valence-electron chi connectivity index (χ0n) is 17.8. The Kier molecular flexibility index (Phi) is 5.30. The minimum atomic E-state index is 0.496. The first-order chi connectivity index (χ1) is 15.6. The molecule has 0 bridgehead atoms. The van der Waals surface area contributed by atoms with Crippen molar-refractivity contribution in [2.45, 2.75) is 57.0 Å². The number of rotatable bonds is 6. The van der Waals surface area contributed by atoms with Gasteiger partial charge in [0.2, 0.25) is 0 Å². The van der Waals surface area contributed by atoms with E-state index in [9.17, 15) is 0 Å². The van der Waals surface area contributed by atoms with Gasteiger partial charge in [-0.05, 0) is 90.6 Å². The fourth-order valence-corrected chi connectivity index (χ4v) is 5.67. The lowest BCUT2D eigenvalue weighted by Crippen LogP contribution is -2.06. The Hall–Kier alpha value is -2.18. The van der Waals surface area contributed by atoms with Crippen LogP contribution in [0.15, 0.2) is 47.3 Å². The van der Waals surface area contributed by atoms with E-state index >= 15 is 0 Å². The SMILES string of the molecule is Clc1ncnc2c1ccn2C1CCC(CCc2ccc3cc(Br)c(NC4CC4)nc3c2)C1. The average Bonchev–Trinajstić information content (AvgIpc) is 3.30. The minimum Gasteiger partial charge on any atom is -0.366 e. The molecular weight excluding hydrogens is 486 g/mol. The van der Waals surface area contributed by atoms with E-state index in [0.29, 0.717) is 17.2 Å². The number of nitrogens with zero attached hydrogens (tertiary/aromatic N) is 4. The molecule has 2 aliphatic rings. The van der Waals surface area contributed by atoms with Crippen molar-refractivity contribution in [2.24, 2.45) is 5.92 Å². The zero-order chi connectivity index (χ0) is 21.7. The molecule has 2 saturated carbocycles. The topological polar surface area (TPSA) is 55.6 Å². The van der Waals surface area contributed by atoms with E-state index in [1.807, 2.05) is 6.07 Å². The summed E-state index contributed by atoms with van der Waals surface area (Å²) in [5, 5.41) is 6.20. The summed E-state index contributed by atoms with van der Waals surface area (Å²) < 4.78 is 3.35. The van der Waals surface area contributed by atoms with E-state index in [1.54, 1.807) is 6.33 Å². The fraction of sp³-hybridized carbons (Fsp3) is 0.400. The van der Waals surface area contributed by atoms with Crippen LogP contribution in [0.2, 0.25) is 5.15 Å². The molecule has 4 aromatic rings. The minimum absolute atomic E-state index is 0.496. The second-order valence-corrected chi connectivity index (χ2v) is 10.5. The third-order valence-corrected chi connectivity index (χ3v) is 7.87. The van der Waals surface area contributed by atoms with Crippen LogP contribution in [0, 0.1) is 5.92 Å². The summed E-state index contributed by atoms with van der Waals surface area (Å²) in [5.41, 5.74) is 3.41. The lowest BCUT2D eigenvalue weighted by Gasteiger charge is -2.14. The van der Waals surface area contributed by atoms with Gasteiger partial charge in [-0.1, -0.05) is 23.7 Å². The summed E-state index contributed by atoms with van der Waals surface area (Å²) in [5.74, 6) is 1.70. The van der Waals surface area contributed by atoms with Crippen molar-refractivity contribution >= 4 is 55.3 Å². The molecule has 32 heavy (non-hydrogen) atoms. The van der Waals surface area contributed by atoms with Crippen LogP contribution in [0.4, 0.5) is 5.82 Å². The normalized spacial score (nSPS) is 20.9. The molecule has 164 valence electrons. The van der Waals surface area contributed by atoms with E-state index in [1.165, 1.54) is 49.5 Å². The van der Waals surface area contributed by atoms with E-state index in [0.717, 1.165) is 39.2 Å². The van der Waals surface area contributed by atoms with Crippen LogP contribution >= 0.6 is 27.5 Å². The van der Waals surface area contributed by atoms with Crippen molar-refractivity contribution in [3.63, 3.8) is 0 Å². The summed E-state index contributed by atoms with van der Waals surface area (Å²) in [6.45, 7) is 0. The Bertz CT molecular complexity index is 1300. The maximum absolute atomic E-state index is 6.23. The third-order valence-electron chi connectivity index (χ3n) is 6.96. The Morgan fingerprint density at radius 1 is 1.09 bits per heavy atom. The molecule has 2 aliphatic carbocycles. The van der Waals surface area contributed by atoms with Crippen LogP contribution in [0.5, 0.6) is 0 Å². The van der Waals surface area contributed by atoms with Crippen LogP contribution in [0.25, 0.3) is 21.9 Å². The Balaban J connectivity index is 1.13. The molecule has 6 rings (SSSR count). The molecule has 0 aliphatic heterocycles. The number of nitrogens with one attached hydrogen (secondary N) is 1. The maximum atomic E-state index is 6.23. The van der Waals surface area contributed by atoms with Gasteiger partial charge in [0.05, 0.1) is 15.4 Å². The molecule has 0 saturated heterocycles. The molecule has 2 fully saturated rings. The summed E-state index contributed by atoms with van der Waals surface area (Å²) in [6, 6.07) is 12.0. The third kappa shape index (κ3) is 3.99. The van der Waals surface area contributed by atoms with Gasteiger partial charge in [0.1, 0.15) is 22.9 Å². The highest BCUT2D eigenvalue weighted by molar-refractivity contribution is 9.10. The van der Waals surface area contributed by atoms with Gasteiger partial charge in [-0.25, -0.2) is 15.0 Å². The highest BCUT2D eigenvalue weighted by Crippen LogP contribution is 2.39. The summed E-state index contributed by atoms with van der Waals surface area (Å²) in [4.78, 5) is 13.5. The van der Waals surface area contributed by atoms with E-state index in [-0.39, 0.29) is 0 Å². The molecule has 1 aromatic carbocycles. The number of anilines is 1. The number of hydrogen-bond donors (Lipinski definition) is 1. The Morgan fingerprint density at radius 3 is 2.88 bits per heavy atom. The second kappa shape index (κ2) is 8.31. The number of aromatic nitrogens is 4. The van der Waals surface area contributed by atoms with Crippen molar-refractivity contribution in [2.75, 3.05) is 5.32 Å². The van der Waals surface area contributed by atoms with E-state index in [4.69, 9.17) is 16.6 Å². The standard InChI is InChI=1S/C25H25BrClN5/c26-21-13-17-5-3-16(12-22(17)31-24(21)30-18-6-7-18)2-1-15-4-8-19(11-15)32-10-9-20-23(27)28-14-29-25(20)32/h3,5,9-10,12-15,18-19H,1-2,4,6-8,11H2,(H,30,31). The van der Waals surface area contributed by atoms with Gasteiger partial charge in [-0.2, -0.15) is 0 Å². The predicted molar refractivity (Wildman–Crippen MR) is 133 cm³/mol. The highest BCUT2D eigenvalue weighted by Gasteiger charge is 2.27. The van der Waals surface area contributed by atoms with Crippen LogP contribution in [0.3, 0.4) is 0 Å². The molecule has 0 radical (unpaired) electrons. The Labute approximate surface area is 200 Å². The van der Waals surface area contributed by atoms with E-state index < -0.39 is 0 Å².